The smallest absolute Gasteiger partial charge is 0.330 e. The van der Waals surface area contributed by atoms with Crippen molar-refractivity contribution in [3.8, 4) is 11.6 Å². The van der Waals surface area contributed by atoms with Crippen LogP contribution in [0.2, 0.25) is 0 Å². The highest BCUT2D eigenvalue weighted by Gasteiger charge is 2.29. The highest BCUT2D eigenvalue weighted by atomic mass is 19.1. The fourth-order valence-corrected chi connectivity index (χ4v) is 5.73. The predicted molar refractivity (Wildman–Crippen MR) is 166 cm³/mol. The zero-order valence-electron chi connectivity index (χ0n) is 25.9. The summed E-state index contributed by atoms with van der Waals surface area (Å²) in [4.78, 5) is 27.9. The fourth-order valence-electron chi connectivity index (χ4n) is 5.73. The summed E-state index contributed by atoms with van der Waals surface area (Å²) in [6.45, 7) is 7.22. The molecule has 2 saturated heterocycles. The van der Waals surface area contributed by atoms with Crippen molar-refractivity contribution in [1.29, 1.82) is 0 Å². The Morgan fingerprint density at radius 1 is 1.13 bits per heavy atom. The van der Waals surface area contributed by atoms with E-state index in [1.165, 1.54) is 12.1 Å². The van der Waals surface area contributed by atoms with Crippen molar-refractivity contribution in [3.63, 3.8) is 0 Å². The van der Waals surface area contributed by atoms with Gasteiger partial charge in [0, 0.05) is 43.6 Å². The molecule has 0 unspecified atom stereocenters. The summed E-state index contributed by atoms with van der Waals surface area (Å²) in [5.41, 5.74) is 2.81. The summed E-state index contributed by atoms with van der Waals surface area (Å²) < 4.78 is 51.8. The molecule has 2 aromatic carbocycles. The lowest BCUT2D eigenvalue weighted by Gasteiger charge is -2.37. The number of carbonyl (C=O) groups is 1. The molecule has 0 spiro atoms. The van der Waals surface area contributed by atoms with E-state index in [0.29, 0.717) is 24.9 Å². The number of imidazole rings is 1. The van der Waals surface area contributed by atoms with E-state index in [4.69, 9.17) is 23.9 Å². The van der Waals surface area contributed by atoms with Crippen molar-refractivity contribution in [1.82, 2.24) is 24.4 Å². The van der Waals surface area contributed by atoms with E-state index in [-0.39, 0.29) is 36.6 Å². The standard InChI is InChI=1S/C34H37F2N5O5/c1-3-43-34(42)9-5-23-4-7-28-29(17-23)41(19-26-12-15-44-26)32(38-28)20-40-14-11-25(16-22(40)2)46-33-10-13-37-31(39-33)21-45-30-8-6-24(35)18-27(30)36/h4-10,13,17-18,22,25-26H,3,11-12,14-16,19-21H2,1-2H3/b9-5+/t22-,25-,26-/m0/s1. The minimum Gasteiger partial charge on any atom is -0.483 e. The van der Waals surface area contributed by atoms with Crippen LogP contribution in [0.1, 0.15) is 50.3 Å². The first kappa shape index (κ1) is 31.6. The number of aromatic nitrogens is 4. The Morgan fingerprint density at radius 3 is 2.76 bits per heavy atom. The molecule has 2 aliphatic rings. The second-order valence-corrected chi connectivity index (χ2v) is 11.5. The van der Waals surface area contributed by atoms with Crippen LogP contribution in [0, 0.1) is 11.6 Å². The Kier molecular flexibility index (Phi) is 9.84. The van der Waals surface area contributed by atoms with Gasteiger partial charge in [-0.2, -0.15) is 4.98 Å². The number of halogens is 2. The number of esters is 1. The third kappa shape index (κ3) is 7.68. The molecule has 2 aromatic heterocycles. The summed E-state index contributed by atoms with van der Waals surface area (Å²) in [7, 11) is 0. The molecule has 2 aliphatic heterocycles. The van der Waals surface area contributed by atoms with Crippen molar-refractivity contribution < 1.29 is 32.5 Å². The van der Waals surface area contributed by atoms with E-state index in [1.54, 1.807) is 25.3 Å². The summed E-state index contributed by atoms with van der Waals surface area (Å²) in [5, 5.41) is 0. The van der Waals surface area contributed by atoms with Crippen molar-refractivity contribution in [3.05, 3.63) is 83.6 Å². The number of likely N-dealkylation sites (tertiary alicyclic amines) is 1. The molecule has 0 saturated carbocycles. The normalized spacial score (nSPS) is 20.1. The summed E-state index contributed by atoms with van der Waals surface area (Å²) in [5.74, 6) is -0.163. The maximum atomic E-state index is 13.9. The van der Waals surface area contributed by atoms with Crippen LogP contribution < -0.4 is 9.47 Å². The Hall–Kier alpha value is -4.42. The van der Waals surface area contributed by atoms with Crippen LogP contribution >= 0.6 is 0 Å². The number of hydrogen-bond donors (Lipinski definition) is 0. The first-order chi connectivity index (χ1) is 22.3. The third-order valence-corrected chi connectivity index (χ3v) is 8.26. The second kappa shape index (κ2) is 14.3. The number of benzene rings is 2. The molecule has 2 fully saturated rings. The molecule has 12 heteroatoms. The van der Waals surface area contributed by atoms with Gasteiger partial charge < -0.3 is 23.5 Å². The Morgan fingerprint density at radius 2 is 2.00 bits per heavy atom. The van der Waals surface area contributed by atoms with Gasteiger partial charge in [0.15, 0.2) is 17.4 Å². The van der Waals surface area contributed by atoms with Gasteiger partial charge in [-0.25, -0.2) is 23.5 Å². The molecule has 6 rings (SSSR count). The second-order valence-electron chi connectivity index (χ2n) is 11.5. The van der Waals surface area contributed by atoms with Crippen molar-refractivity contribution in [2.24, 2.45) is 0 Å². The number of hydrogen-bond acceptors (Lipinski definition) is 9. The van der Waals surface area contributed by atoms with Crippen LogP contribution in [0.4, 0.5) is 8.78 Å². The molecule has 10 nitrogen and oxygen atoms in total. The van der Waals surface area contributed by atoms with E-state index in [0.717, 1.165) is 73.5 Å². The van der Waals surface area contributed by atoms with E-state index in [2.05, 4.69) is 32.4 Å². The molecule has 0 aliphatic carbocycles. The molecular formula is C34H37F2N5O5. The zero-order valence-corrected chi connectivity index (χ0v) is 25.9. The molecule has 0 N–H and O–H groups in total. The lowest BCUT2D eigenvalue weighted by molar-refractivity contribution is -0.137. The minimum atomic E-state index is -0.784. The lowest BCUT2D eigenvalue weighted by atomic mass is 10.0. The maximum Gasteiger partial charge on any atom is 0.330 e. The van der Waals surface area contributed by atoms with Crippen LogP contribution in [0.5, 0.6) is 11.6 Å². The van der Waals surface area contributed by atoms with Gasteiger partial charge in [0.2, 0.25) is 5.88 Å². The van der Waals surface area contributed by atoms with Gasteiger partial charge in [-0.15, -0.1) is 0 Å². The highest BCUT2D eigenvalue weighted by molar-refractivity contribution is 5.88. The van der Waals surface area contributed by atoms with Gasteiger partial charge in [0.25, 0.3) is 0 Å². The Bertz CT molecular complexity index is 1710. The average molecular weight is 634 g/mol. The molecule has 46 heavy (non-hydrogen) atoms. The largest absolute Gasteiger partial charge is 0.483 e. The Labute approximate surface area is 266 Å². The van der Waals surface area contributed by atoms with Crippen molar-refractivity contribution in [2.45, 2.75) is 71.1 Å². The average Bonchev–Trinajstić information content (AvgIpc) is 3.35. The van der Waals surface area contributed by atoms with Crippen LogP contribution in [-0.2, 0) is 34.0 Å². The van der Waals surface area contributed by atoms with Gasteiger partial charge in [0.05, 0.1) is 36.8 Å². The predicted octanol–water partition coefficient (Wildman–Crippen LogP) is 5.48. The quantitative estimate of drug-likeness (QED) is 0.148. The number of rotatable bonds is 12. The number of ether oxygens (including phenoxy) is 4. The molecule has 4 aromatic rings. The summed E-state index contributed by atoms with van der Waals surface area (Å²) in [6.07, 6.45) is 7.52. The summed E-state index contributed by atoms with van der Waals surface area (Å²) >= 11 is 0. The molecule has 4 heterocycles. The summed E-state index contributed by atoms with van der Waals surface area (Å²) in [6, 6.07) is 11.1. The maximum absolute atomic E-state index is 13.9. The SMILES string of the molecule is CCOC(=O)/C=C/c1ccc2nc(CN3CC[C@H](Oc4ccnc(COc5ccc(F)cc5F)n4)C[C@@H]3C)n(C[C@@H]3CCO3)c2c1. The first-order valence-corrected chi connectivity index (χ1v) is 15.6. The number of carbonyl (C=O) groups excluding carboxylic acids is 1. The van der Waals surface area contributed by atoms with Gasteiger partial charge in [-0.3, -0.25) is 4.90 Å². The van der Waals surface area contributed by atoms with E-state index < -0.39 is 11.6 Å². The highest BCUT2D eigenvalue weighted by Crippen LogP contribution is 2.27. The molecular weight excluding hydrogens is 596 g/mol. The van der Waals surface area contributed by atoms with Crippen molar-refractivity contribution >= 4 is 23.1 Å². The van der Waals surface area contributed by atoms with E-state index >= 15 is 0 Å². The molecule has 0 bridgehead atoms. The van der Waals surface area contributed by atoms with Gasteiger partial charge >= 0.3 is 5.97 Å². The van der Waals surface area contributed by atoms with Crippen LogP contribution in [0.3, 0.4) is 0 Å². The Balaban J connectivity index is 1.09. The third-order valence-electron chi connectivity index (χ3n) is 8.26. The number of fused-ring (bicyclic) bond motifs is 1. The molecule has 242 valence electrons. The van der Waals surface area contributed by atoms with Gasteiger partial charge in [-0.1, -0.05) is 6.07 Å². The minimum absolute atomic E-state index is 0.0413. The number of piperidine rings is 1. The number of nitrogens with zero attached hydrogens (tertiary/aromatic N) is 5. The zero-order chi connectivity index (χ0) is 32.0. The van der Waals surface area contributed by atoms with E-state index in [9.17, 15) is 13.6 Å². The van der Waals surface area contributed by atoms with Crippen LogP contribution in [0.15, 0.2) is 54.7 Å². The fraction of sp³-hybridized carbons (Fsp3) is 0.412. The van der Waals surface area contributed by atoms with Gasteiger partial charge in [0.1, 0.15) is 24.4 Å². The molecule has 0 amide bonds. The molecule has 0 radical (unpaired) electrons. The topological polar surface area (TPSA) is 101 Å². The van der Waals surface area contributed by atoms with Crippen LogP contribution in [0.25, 0.3) is 17.1 Å². The van der Waals surface area contributed by atoms with Crippen LogP contribution in [-0.4, -0.2) is 68.4 Å². The van der Waals surface area contributed by atoms with Gasteiger partial charge in [-0.05, 0) is 69.0 Å². The van der Waals surface area contributed by atoms with E-state index in [1.807, 2.05) is 12.1 Å². The first-order valence-electron chi connectivity index (χ1n) is 15.6. The molecule has 3 atom stereocenters. The van der Waals surface area contributed by atoms with Crippen molar-refractivity contribution in [2.75, 3.05) is 19.8 Å². The lowest BCUT2D eigenvalue weighted by Crippen LogP contribution is -2.44. The monoisotopic (exact) mass is 633 g/mol.